The van der Waals surface area contributed by atoms with E-state index in [0.29, 0.717) is 37.9 Å². The molecule has 1 aliphatic carbocycles. The average Bonchev–Trinajstić information content (AvgIpc) is 2.84. The van der Waals surface area contributed by atoms with Crippen LogP contribution in [-0.2, 0) is 4.79 Å². The Kier molecular flexibility index (Phi) is 3.70. The SMILES string of the molecule is O=C(C1=Cc2ccccc2OC=C1)N1CCC2(CC1)[C@H](O)C[C@@H]2O. The van der Waals surface area contributed by atoms with Crippen LogP contribution in [0.4, 0.5) is 0 Å². The van der Waals surface area contributed by atoms with Crippen molar-refractivity contribution in [1.29, 1.82) is 0 Å². The predicted octanol–water partition coefficient (Wildman–Crippen LogP) is 1.71. The molecule has 1 aromatic rings. The molecular weight excluding hydrogens is 306 g/mol. The van der Waals surface area contributed by atoms with E-state index in [1.807, 2.05) is 30.3 Å². The lowest BCUT2D eigenvalue weighted by atomic mass is 9.58. The molecule has 1 aromatic carbocycles. The van der Waals surface area contributed by atoms with Gasteiger partial charge in [0.25, 0.3) is 5.91 Å². The summed E-state index contributed by atoms with van der Waals surface area (Å²) in [5.41, 5.74) is 1.06. The van der Waals surface area contributed by atoms with Gasteiger partial charge in [0.15, 0.2) is 0 Å². The highest BCUT2D eigenvalue weighted by Gasteiger charge is 2.55. The van der Waals surface area contributed by atoms with Crippen molar-refractivity contribution < 1.29 is 19.7 Å². The minimum atomic E-state index is -0.443. The number of carbonyl (C=O) groups excluding carboxylic acids is 1. The molecule has 1 saturated heterocycles. The summed E-state index contributed by atoms with van der Waals surface area (Å²) in [6.45, 7) is 1.11. The largest absolute Gasteiger partial charge is 0.464 e. The van der Waals surface area contributed by atoms with Crippen LogP contribution in [-0.4, -0.2) is 46.3 Å². The van der Waals surface area contributed by atoms with Gasteiger partial charge in [-0.25, -0.2) is 0 Å². The number of hydrogen-bond donors (Lipinski definition) is 2. The van der Waals surface area contributed by atoms with Crippen LogP contribution in [0.3, 0.4) is 0 Å². The highest BCUT2D eigenvalue weighted by Crippen LogP contribution is 2.49. The first kappa shape index (κ1) is 15.4. The molecule has 3 aliphatic rings. The van der Waals surface area contributed by atoms with Crippen molar-refractivity contribution in [1.82, 2.24) is 4.90 Å². The standard InChI is InChI=1S/C19H21NO4/c21-16-12-17(22)19(16)6-8-20(9-7-19)18(23)14-5-10-24-15-4-2-1-3-13(15)11-14/h1-5,10-11,16-17,21-22H,6-9,12H2/t16-,17+. The summed E-state index contributed by atoms with van der Waals surface area (Å²) < 4.78 is 5.53. The van der Waals surface area contributed by atoms with E-state index in [1.165, 1.54) is 0 Å². The molecule has 4 rings (SSSR count). The molecule has 1 saturated carbocycles. The van der Waals surface area contributed by atoms with E-state index in [9.17, 15) is 15.0 Å². The van der Waals surface area contributed by atoms with Gasteiger partial charge in [0.2, 0.25) is 0 Å². The van der Waals surface area contributed by atoms with Crippen molar-refractivity contribution in [3.8, 4) is 5.75 Å². The fourth-order valence-corrected chi connectivity index (χ4v) is 3.95. The molecule has 0 bridgehead atoms. The van der Waals surface area contributed by atoms with Gasteiger partial charge >= 0.3 is 0 Å². The van der Waals surface area contributed by atoms with Crippen LogP contribution in [0.1, 0.15) is 24.8 Å². The molecule has 5 heteroatoms. The molecule has 0 unspecified atom stereocenters. The third-order valence-electron chi connectivity index (χ3n) is 5.67. The molecule has 2 N–H and O–H groups in total. The highest BCUT2D eigenvalue weighted by molar-refractivity contribution is 6.01. The van der Waals surface area contributed by atoms with Crippen molar-refractivity contribution in [3.63, 3.8) is 0 Å². The topological polar surface area (TPSA) is 70.0 Å². The second-order valence-corrected chi connectivity index (χ2v) is 6.85. The summed E-state index contributed by atoms with van der Waals surface area (Å²) in [4.78, 5) is 14.6. The van der Waals surface area contributed by atoms with Crippen molar-refractivity contribution >= 4 is 12.0 Å². The Morgan fingerprint density at radius 1 is 1.17 bits per heavy atom. The van der Waals surface area contributed by atoms with Crippen LogP contribution in [0.2, 0.25) is 0 Å². The van der Waals surface area contributed by atoms with Gasteiger partial charge in [-0.15, -0.1) is 0 Å². The Bertz CT molecular complexity index is 706. The molecule has 24 heavy (non-hydrogen) atoms. The van der Waals surface area contributed by atoms with Gasteiger partial charge in [-0.3, -0.25) is 4.79 Å². The Morgan fingerprint density at radius 2 is 1.88 bits per heavy atom. The third-order valence-corrected chi connectivity index (χ3v) is 5.67. The van der Waals surface area contributed by atoms with Crippen LogP contribution in [0.15, 0.2) is 42.2 Å². The smallest absolute Gasteiger partial charge is 0.253 e. The second kappa shape index (κ2) is 5.76. The number of piperidine rings is 1. The number of nitrogens with zero attached hydrogens (tertiary/aromatic N) is 1. The average molecular weight is 327 g/mol. The van der Waals surface area contributed by atoms with Crippen LogP contribution in [0.5, 0.6) is 5.75 Å². The fourth-order valence-electron chi connectivity index (χ4n) is 3.95. The quantitative estimate of drug-likeness (QED) is 0.824. The maximum absolute atomic E-state index is 12.8. The lowest BCUT2D eigenvalue weighted by Crippen LogP contribution is -2.61. The molecule has 0 radical (unpaired) electrons. The first-order chi connectivity index (χ1) is 11.6. The Balaban J connectivity index is 1.50. The lowest BCUT2D eigenvalue weighted by Gasteiger charge is -2.55. The highest BCUT2D eigenvalue weighted by atomic mass is 16.5. The second-order valence-electron chi connectivity index (χ2n) is 6.85. The van der Waals surface area contributed by atoms with Crippen molar-refractivity contribution in [2.75, 3.05) is 13.1 Å². The summed E-state index contributed by atoms with van der Waals surface area (Å²) in [6, 6.07) is 7.60. The summed E-state index contributed by atoms with van der Waals surface area (Å²) in [5.74, 6) is 0.694. The number of carbonyl (C=O) groups is 1. The van der Waals surface area contributed by atoms with E-state index in [0.717, 1.165) is 11.3 Å². The maximum atomic E-state index is 12.8. The zero-order valence-corrected chi connectivity index (χ0v) is 13.4. The summed E-state index contributed by atoms with van der Waals surface area (Å²) in [7, 11) is 0. The minimum Gasteiger partial charge on any atom is -0.464 e. The van der Waals surface area contributed by atoms with Crippen LogP contribution in [0, 0.1) is 5.41 Å². The van der Waals surface area contributed by atoms with Gasteiger partial charge in [-0.2, -0.15) is 0 Å². The van der Waals surface area contributed by atoms with Crippen molar-refractivity contribution in [2.45, 2.75) is 31.5 Å². The molecular formula is C19H21NO4. The van der Waals surface area contributed by atoms with Gasteiger partial charge in [0, 0.05) is 36.1 Å². The molecule has 2 aliphatic heterocycles. The normalized spacial score (nSPS) is 27.6. The number of ether oxygens (including phenoxy) is 1. The third kappa shape index (κ3) is 2.36. The summed E-state index contributed by atoms with van der Waals surface area (Å²) >= 11 is 0. The van der Waals surface area contributed by atoms with Gasteiger partial charge in [-0.1, -0.05) is 18.2 Å². The van der Waals surface area contributed by atoms with Crippen LogP contribution in [0.25, 0.3) is 6.08 Å². The number of aliphatic hydroxyl groups excluding tert-OH is 2. The van der Waals surface area contributed by atoms with E-state index in [2.05, 4.69) is 0 Å². The van der Waals surface area contributed by atoms with E-state index in [4.69, 9.17) is 4.74 Å². The first-order valence-corrected chi connectivity index (χ1v) is 8.39. The van der Waals surface area contributed by atoms with E-state index in [1.54, 1.807) is 17.2 Å². The zero-order chi connectivity index (χ0) is 16.7. The number of hydrogen-bond acceptors (Lipinski definition) is 4. The van der Waals surface area contributed by atoms with Gasteiger partial charge < -0.3 is 19.8 Å². The van der Waals surface area contributed by atoms with Gasteiger partial charge in [0.05, 0.1) is 18.5 Å². The number of rotatable bonds is 1. The monoisotopic (exact) mass is 327 g/mol. The fraction of sp³-hybridized carbons (Fsp3) is 0.421. The molecule has 2 fully saturated rings. The number of amides is 1. The lowest BCUT2D eigenvalue weighted by molar-refractivity contribution is -0.190. The van der Waals surface area contributed by atoms with E-state index < -0.39 is 17.6 Å². The maximum Gasteiger partial charge on any atom is 0.253 e. The van der Waals surface area contributed by atoms with E-state index in [-0.39, 0.29) is 5.91 Å². The van der Waals surface area contributed by atoms with Crippen LogP contribution < -0.4 is 4.74 Å². The molecule has 1 spiro atoms. The molecule has 5 nitrogen and oxygen atoms in total. The Morgan fingerprint density at radius 3 is 2.58 bits per heavy atom. The predicted molar refractivity (Wildman–Crippen MR) is 89.1 cm³/mol. The van der Waals surface area contributed by atoms with Gasteiger partial charge in [0.1, 0.15) is 5.75 Å². The molecule has 0 aromatic heterocycles. The van der Waals surface area contributed by atoms with Gasteiger partial charge in [-0.05, 0) is 31.1 Å². The zero-order valence-electron chi connectivity index (χ0n) is 13.4. The number of para-hydroxylation sites is 1. The van der Waals surface area contributed by atoms with Crippen molar-refractivity contribution in [3.05, 3.63) is 47.7 Å². The Hall–Kier alpha value is -2.11. The van der Waals surface area contributed by atoms with Crippen LogP contribution >= 0.6 is 0 Å². The molecule has 2 atom stereocenters. The summed E-state index contributed by atoms with van der Waals surface area (Å²) in [6.07, 6.45) is 5.94. The molecule has 2 heterocycles. The number of likely N-dealkylation sites (tertiary alicyclic amines) is 1. The molecule has 1 amide bonds. The molecule has 126 valence electrons. The number of aliphatic hydroxyl groups is 2. The first-order valence-electron chi connectivity index (χ1n) is 8.39. The van der Waals surface area contributed by atoms with Crippen molar-refractivity contribution in [2.24, 2.45) is 5.41 Å². The summed E-state index contributed by atoms with van der Waals surface area (Å²) in [5, 5.41) is 20.0. The number of benzene rings is 1. The Labute approximate surface area is 140 Å². The number of fused-ring (bicyclic) bond motifs is 1. The van der Waals surface area contributed by atoms with E-state index >= 15 is 0 Å². The minimum absolute atomic E-state index is 0.0373.